The number of nitrogens with one attached hydrogen (secondary N) is 1. The van der Waals surface area contributed by atoms with Crippen LogP contribution in [0, 0.1) is 0 Å². The van der Waals surface area contributed by atoms with Crippen LogP contribution >= 0.6 is 0 Å². The number of rotatable bonds is 4. The fourth-order valence-electron chi connectivity index (χ4n) is 2.04. The maximum Gasteiger partial charge on any atom is 0.295 e. The highest BCUT2D eigenvalue weighted by Crippen LogP contribution is 2.21. The molecule has 0 amide bonds. The minimum absolute atomic E-state index is 0.0377. The molecule has 0 bridgehead atoms. The summed E-state index contributed by atoms with van der Waals surface area (Å²) in [4.78, 5) is 4.32. The highest BCUT2D eigenvalue weighted by atomic mass is 16.4. The summed E-state index contributed by atoms with van der Waals surface area (Å²) in [6, 6.07) is 13.5. The molecular weight excluding hydrogens is 254 g/mol. The zero-order valence-electron chi connectivity index (χ0n) is 10.8. The molecule has 5 nitrogen and oxygen atoms in total. The first kappa shape index (κ1) is 12.5. The molecule has 0 unspecified atom stereocenters. The standard InChI is InChI=1S/C15H15N3O2/c16-12-4-5-14-13(7-12)18-15(20-14)17-8-10-2-1-3-11(6-10)9-19/h1-7,19H,8-9,16H2,(H,17,18). The van der Waals surface area contributed by atoms with Crippen molar-refractivity contribution in [2.75, 3.05) is 11.1 Å². The number of aromatic nitrogens is 1. The zero-order valence-corrected chi connectivity index (χ0v) is 10.8. The van der Waals surface area contributed by atoms with Crippen LogP contribution in [0.4, 0.5) is 11.7 Å². The Balaban J connectivity index is 1.76. The molecule has 0 fully saturated rings. The Kier molecular flexibility index (Phi) is 3.26. The van der Waals surface area contributed by atoms with Gasteiger partial charge in [-0.2, -0.15) is 4.98 Å². The minimum atomic E-state index is 0.0377. The Bertz CT molecular complexity index is 737. The highest BCUT2D eigenvalue weighted by molar-refractivity contribution is 5.78. The number of hydrogen-bond donors (Lipinski definition) is 3. The Morgan fingerprint density at radius 3 is 2.85 bits per heavy atom. The van der Waals surface area contributed by atoms with Gasteiger partial charge in [0.1, 0.15) is 5.52 Å². The summed E-state index contributed by atoms with van der Waals surface area (Å²) in [6.07, 6.45) is 0. The van der Waals surface area contributed by atoms with Crippen molar-refractivity contribution < 1.29 is 9.52 Å². The third-order valence-electron chi connectivity index (χ3n) is 3.03. The van der Waals surface area contributed by atoms with Crippen LogP contribution in [0.1, 0.15) is 11.1 Å². The molecule has 0 saturated carbocycles. The van der Waals surface area contributed by atoms with E-state index in [-0.39, 0.29) is 6.61 Å². The summed E-state index contributed by atoms with van der Waals surface area (Å²) in [5, 5.41) is 12.2. The maximum absolute atomic E-state index is 9.11. The Morgan fingerprint density at radius 1 is 1.15 bits per heavy atom. The van der Waals surface area contributed by atoms with Gasteiger partial charge in [0.2, 0.25) is 0 Å². The van der Waals surface area contributed by atoms with E-state index in [9.17, 15) is 0 Å². The van der Waals surface area contributed by atoms with Gasteiger partial charge in [0, 0.05) is 12.2 Å². The fraction of sp³-hybridized carbons (Fsp3) is 0.133. The van der Waals surface area contributed by atoms with Gasteiger partial charge in [-0.3, -0.25) is 0 Å². The van der Waals surface area contributed by atoms with Crippen molar-refractivity contribution >= 4 is 22.8 Å². The van der Waals surface area contributed by atoms with Crippen LogP contribution in [0.5, 0.6) is 0 Å². The van der Waals surface area contributed by atoms with Crippen LogP contribution in [-0.4, -0.2) is 10.1 Å². The van der Waals surface area contributed by atoms with Gasteiger partial charge in [-0.25, -0.2) is 0 Å². The van der Waals surface area contributed by atoms with Crippen LogP contribution in [0.25, 0.3) is 11.1 Å². The lowest BCUT2D eigenvalue weighted by Crippen LogP contribution is -2.00. The number of hydrogen-bond acceptors (Lipinski definition) is 5. The monoisotopic (exact) mass is 269 g/mol. The number of fused-ring (bicyclic) bond motifs is 1. The number of oxazole rings is 1. The van der Waals surface area contributed by atoms with Crippen LogP contribution in [-0.2, 0) is 13.2 Å². The molecule has 1 heterocycles. The fourth-order valence-corrected chi connectivity index (χ4v) is 2.04. The molecule has 2 aromatic carbocycles. The molecule has 0 aliphatic heterocycles. The first-order valence-electron chi connectivity index (χ1n) is 6.33. The van der Waals surface area contributed by atoms with Crippen LogP contribution in [0.2, 0.25) is 0 Å². The lowest BCUT2D eigenvalue weighted by atomic mass is 10.1. The number of benzene rings is 2. The van der Waals surface area contributed by atoms with E-state index in [4.69, 9.17) is 15.3 Å². The van der Waals surface area contributed by atoms with Gasteiger partial charge in [0.25, 0.3) is 6.01 Å². The number of aliphatic hydroxyl groups excluding tert-OH is 1. The number of nitrogens with two attached hydrogens (primary N) is 1. The van der Waals surface area contributed by atoms with Crippen LogP contribution in [0.3, 0.4) is 0 Å². The first-order valence-corrected chi connectivity index (χ1v) is 6.33. The quantitative estimate of drug-likeness (QED) is 0.634. The van der Waals surface area contributed by atoms with Gasteiger partial charge in [-0.05, 0) is 29.3 Å². The predicted molar refractivity (Wildman–Crippen MR) is 78.1 cm³/mol. The van der Waals surface area contributed by atoms with Gasteiger partial charge in [0.15, 0.2) is 5.58 Å². The summed E-state index contributed by atoms with van der Waals surface area (Å²) in [5.74, 6) is 0. The van der Waals surface area contributed by atoms with Gasteiger partial charge >= 0.3 is 0 Å². The van der Waals surface area contributed by atoms with E-state index in [2.05, 4.69) is 10.3 Å². The third kappa shape index (κ3) is 2.57. The first-order chi connectivity index (χ1) is 9.74. The van der Waals surface area contributed by atoms with E-state index >= 15 is 0 Å². The molecule has 102 valence electrons. The van der Waals surface area contributed by atoms with Gasteiger partial charge in [0.05, 0.1) is 6.61 Å². The smallest absolute Gasteiger partial charge is 0.295 e. The molecule has 4 N–H and O–H groups in total. The van der Waals surface area contributed by atoms with E-state index in [0.29, 0.717) is 23.8 Å². The molecule has 20 heavy (non-hydrogen) atoms. The van der Waals surface area contributed by atoms with Crippen molar-refractivity contribution in [3.63, 3.8) is 0 Å². The molecule has 3 rings (SSSR count). The van der Waals surface area contributed by atoms with Crippen LogP contribution in [0.15, 0.2) is 46.9 Å². The Morgan fingerprint density at radius 2 is 2.00 bits per heavy atom. The summed E-state index contributed by atoms with van der Waals surface area (Å²) >= 11 is 0. The normalized spacial score (nSPS) is 10.8. The van der Waals surface area contributed by atoms with Crippen molar-refractivity contribution in [1.29, 1.82) is 0 Å². The SMILES string of the molecule is Nc1ccc2oc(NCc3cccc(CO)c3)nc2c1. The molecule has 1 aromatic heterocycles. The van der Waals surface area contributed by atoms with Crippen LogP contribution < -0.4 is 11.1 Å². The molecule has 0 radical (unpaired) electrons. The molecule has 0 aliphatic carbocycles. The molecule has 5 heteroatoms. The van der Waals surface area contributed by atoms with E-state index in [1.165, 1.54) is 0 Å². The van der Waals surface area contributed by atoms with Gasteiger partial charge < -0.3 is 20.6 Å². The van der Waals surface area contributed by atoms with E-state index in [1.54, 1.807) is 18.2 Å². The summed E-state index contributed by atoms with van der Waals surface area (Å²) in [7, 11) is 0. The highest BCUT2D eigenvalue weighted by Gasteiger charge is 2.05. The molecule has 0 saturated heterocycles. The molecule has 3 aromatic rings. The number of anilines is 2. The van der Waals surface area contributed by atoms with Crippen molar-refractivity contribution in [3.8, 4) is 0 Å². The van der Waals surface area contributed by atoms with E-state index < -0.39 is 0 Å². The molecule has 0 spiro atoms. The Labute approximate surface area is 116 Å². The second-order valence-corrected chi connectivity index (χ2v) is 4.58. The van der Waals surface area contributed by atoms with Crippen molar-refractivity contribution in [2.45, 2.75) is 13.2 Å². The lowest BCUT2D eigenvalue weighted by molar-refractivity contribution is 0.281. The molecule has 0 atom stereocenters. The summed E-state index contributed by atoms with van der Waals surface area (Å²) < 4.78 is 5.57. The third-order valence-corrected chi connectivity index (χ3v) is 3.03. The molecular formula is C15H15N3O2. The lowest BCUT2D eigenvalue weighted by Gasteiger charge is -2.03. The zero-order chi connectivity index (χ0) is 13.9. The number of nitrogen functional groups attached to an aromatic ring is 1. The largest absolute Gasteiger partial charge is 0.424 e. The number of aliphatic hydroxyl groups is 1. The Hall–Kier alpha value is -2.53. The van der Waals surface area contributed by atoms with Crippen molar-refractivity contribution in [2.24, 2.45) is 0 Å². The average Bonchev–Trinajstić information content (AvgIpc) is 2.87. The van der Waals surface area contributed by atoms with Crippen molar-refractivity contribution in [3.05, 3.63) is 53.6 Å². The minimum Gasteiger partial charge on any atom is -0.424 e. The maximum atomic E-state index is 9.11. The van der Waals surface area contributed by atoms with Crippen molar-refractivity contribution in [1.82, 2.24) is 4.98 Å². The van der Waals surface area contributed by atoms with E-state index in [1.807, 2.05) is 24.3 Å². The topological polar surface area (TPSA) is 84.3 Å². The van der Waals surface area contributed by atoms with E-state index in [0.717, 1.165) is 16.6 Å². The van der Waals surface area contributed by atoms with Gasteiger partial charge in [-0.1, -0.05) is 24.3 Å². The second kappa shape index (κ2) is 5.22. The second-order valence-electron chi connectivity index (χ2n) is 4.58. The predicted octanol–water partition coefficient (Wildman–Crippen LogP) is 2.51. The summed E-state index contributed by atoms with van der Waals surface area (Å²) in [6.45, 7) is 0.617. The molecule has 0 aliphatic rings. The average molecular weight is 269 g/mol. The van der Waals surface area contributed by atoms with Gasteiger partial charge in [-0.15, -0.1) is 0 Å². The number of nitrogens with zero attached hydrogens (tertiary/aromatic N) is 1. The summed E-state index contributed by atoms with van der Waals surface area (Å²) in [5.41, 5.74) is 9.74.